The fraction of sp³-hybridized carbons (Fsp3) is 0.714. The minimum atomic E-state index is -0.790. The van der Waals surface area contributed by atoms with Crippen molar-refractivity contribution >= 4 is 21.7 Å². The third-order valence-corrected chi connectivity index (χ3v) is 3.85. The van der Waals surface area contributed by atoms with E-state index >= 15 is 0 Å². The summed E-state index contributed by atoms with van der Waals surface area (Å²) in [5.74, 6) is -0.0772. The van der Waals surface area contributed by atoms with Crippen LogP contribution in [0.1, 0.15) is 39.1 Å². The first-order valence-electron chi connectivity index (χ1n) is 7.08. The number of ketones is 1. The number of Topliss-reactive ketones (excluding diaryl/α,β-unsaturated/α-hetero) is 1. The Morgan fingerprint density at radius 1 is 1.25 bits per heavy atom. The van der Waals surface area contributed by atoms with Crippen LogP contribution < -0.4 is 0 Å². The first kappa shape index (κ1) is 17.3. The maximum absolute atomic E-state index is 12.3. The summed E-state index contributed by atoms with van der Waals surface area (Å²) in [6, 6.07) is 0. The number of carbonyl (C=O) groups is 1. The second kappa shape index (κ2) is 8.54. The zero-order valence-corrected chi connectivity index (χ0v) is 14.2. The first-order chi connectivity index (χ1) is 9.58. The normalized spacial score (nSPS) is 11.3. The summed E-state index contributed by atoms with van der Waals surface area (Å²) in [6.07, 6.45) is 0.295. The molecule has 0 fully saturated rings. The van der Waals surface area contributed by atoms with Crippen LogP contribution in [0.15, 0.2) is 4.47 Å². The number of rotatable bonds is 9. The van der Waals surface area contributed by atoms with Gasteiger partial charge in [-0.1, -0.05) is 6.92 Å². The van der Waals surface area contributed by atoms with Crippen LogP contribution in [0.5, 0.6) is 0 Å². The molecule has 114 valence electrons. The molecule has 20 heavy (non-hydrogen) atoms. The van der Waals surface area contributed by atoms with E-state index < -0.39 is 6.29 Å². The van der Waals surface area contributed by atoms with Crippen molar-refractivity contribution < 1.29 is 14.3 Å². The minimum Gasteiger partial charge on any atom is -0.346 e. The lowest BCUT2D eigenvalue weighted by Gasteiger charge is -2.16. The van der Waals surface area contributed by atoms with Crippen LogP contribution in [0.4, 0.5) is 0 Å². The molecule has 0 aliphatic carbocycles. The molecule has 0 amide bonds. The third kappa shape index (κ3) is 4.14. The third-order valence-electron chi connectivity index (χ3n) is 2.93. The van der Waals surface area contributed by atoms with Crippen LogP contribution in [0.25, 0.3) is 0 Å². The van der Waals surface area contributed by atoms with Gasteiger partial charge in [0.1, 0.15) is 0 Å². The van der Waals surface area contributed by atoms with Crippen LogP contribution in [0.3, 0.4) is 0 Å². The van der Waals surface area contributed by atoms with Gasteiger partial charge in [0.25, 0.3) is 0 Å². The lowest BCUT2D eigenvalue weighted by molar-refractivity contribution is -0.167. The van der Waals surface area contributed by atoms with E-state index in [0.717, 1.165) is 28.8 Å². The molecular weight excluding hydrogens is 324 g/mol. The number of aryl methyl sites for hydroxylation is 2. The first-order valence-corrected chi connectivity index (χ1v) is 7.88. The SMILES string of the molecule is CCOC(OCC)C(=O)Cc1c(Br)c(CC)nn1CC. The van der Waals surface area contributed by atoms with E-state index in [1.165, 1.54) is 0 Å². The number of ether oxygens (including phenoxy) is 2. The highest BCUT2D eigenvalue weighted by atomic mass is 79.9. The topological polar surface area (TPSA) is 53.4 Å². The summed E-state index contributed by atoms with van der Waals surface area (Å²) >= 11 is 3.54. The summed E-state index contributed by atoms with van der Waals surface area (Å²) in [4.78, 5) is 12.3. The van der Waals surface area contributed by atoms with Crippen molar-refractivity contribution in [1.29, 1.82) is 0 Å². The van der Waals surface area contributed by atoms with Gasteiger partial charge in [0.2, 0.25) is 6.29 Å². The number of hydrogen-bond acceptors (Lipinski definition) is 4. The van der Waals surface area contributed by atoms with Gasteiger partial charge in [-0.15, -0.1) is 0 Å². The molecular formula is C14H23BrN2O3. The highest BCUT2D eigenvalue weighted by Gasteiger charge is 2.23. The van der Waals surface area contributed by atoms with Crippen LogP contribution in [0.2, 0.25) is 0 Å². The molecule has 0 unspecified atom stereocenters. The Kier molecular flexibility index (Phi) is 7.40. The molecule has 0 atom stereocenters. The monoisotopic (exact) mass is 346 g/mol. The molecule has 0 N–H and O–H groups in total. The highest BCUT2D eigenvalue weighted by Crippen LogP contribution is 2.23. The number of aromatic nitrogens is 2. The van der Waals surface area contributed by atoms with Gasteiger partial charge in [0.05, 0.1) is 22.3 Å². The van der Waals surface area contributed by atoms with Crippen LogP contribution in [-0.4, -0.2) is 35.1 Å². The van der Waals surface area contributed by atoms with Gasteiger partial charge in [0.15, 0.2) is 5.78 Å². The Labute approximate surface area is 128 Å². The molecule has 0 spiro atoms. The predicted octanol–water partition coefficient (Wildman–Crippen LogP) is 2.74. The number of carbonyl (C=O) groups excluding carboxylic acids is 1. The average Bonchev–Trinajstić information content (AvgIpc) is 2.75. The quantitative estimate of drug-likeness (QED) is 0.645. The molecule has 6 heteroatoms. The van der Waals surface area contributed by atoms with Crippen LogP contribution in [0, 0.1) is 0 Å². The molecule has 1 rings (SSSR count). The van der Waals surface area contributed by atoms with Crippen molar-refractivity contribution in [3.05, 3.63) is 15.9 Å². The molecule has 5 nitrogen and oxygen atoms in total. The Bertz CT molecular complexity index is 440. The molecule has 1 aromatic rings. The highest BCUT2D eigenvalue weighted by molar-refractivity contribution is 9.10. The van der Waals surface area contributed by atoms with Crippen LogP contribution >= 0.6 is 15.9 Å². The largest absolute Gasteiger partial charge is 0.346 e. The lowest BCUT2D eigenvalue weighted by Crippen LogP contribution is -2.30. The molecule has 1 heterocycles. The van der Waals surface area contributed by atoms with Gasteiger partial charge in [-0.25, -0.2) is 0 Å². The molecule has 0 aliphatic rings. The van der Waals surface area contributed by atoms with Crippen molar-refractivity contribution in [2.24, 2.45) is 0 Å². The van der Waals surface area contributed by atoms with E-state index in [2.05, 4.69) is 21.0 Å². The zero-order chi connectivity index (χ0) is 15.1. The van der Waals surface area contributed by atoms with Crippen LogP contribution in [-0.2, 0) is 33.7 Å². The Morgan fingerprint density at radius 2 is 1.85 bits per heavy atom. The van der Waals surface area contributed by atoms with E-state index in [1.807, 2.05) is 32.4 Å². The van der Waals surface area contributed by atoms with E-state index in [0.29, 0.717) is 13.2 Å². The molecule has 0 bridgehead atoms. The number of hydrogen-bond donors (Lipinski definition) is 0. The van der Waals surface area contributed by atoms with Crippen molar-refractivity contribution in [1.82, 2.24) is 9.78 Å². The Hall–Kier alpha value is -0.720. The second-order valence-corrected chi connectivity index (χ2v) is 5.06. The molecule has 1 aromatic heterocycles. The number of nitrogens with zero attached hydrogens (tertiary/aromatic N) is 2. The van der Waals surface area contributed by atoms with Gasteiger partial charge in [-0.3, -0.25) is 9.48 Å². The lowest BCUT2D eigenvalue weighted by atomic mass is 10.2. The fourth-order valence-electron chi connectivity index (χ4n) is 1.97. The smallest absolute Gasteiger partial charge is 0.218 e. The maximum atomic E-state index is 12.3. The number of halogens is 1. The zero-order valence-electron chi connectivity index (χ0n) is 12.6. The van der Waals surface area contributed by atoms with E-state index in [4.69, 9.17) is 9.47 Å². The molecule has 0 aromatic carbocycles. The standard InChI is InChI=1S/C14H23BrN2O3/c1-5-10-13(15)11(17(6-2)16-10)9-12(18)14(19-7-3)20-8-4/h14H,5-9H2,1-4H3. The van der Waals surface area contributed by atoms with Gasteiger partial charge in [-0.2, -0.15) is 5.10 Å². The van der Waals surface area contributed by atoms with Crippen molar-refractivity contribution in [3.8, 4) is 0 Å². The summed E-state index contributed by atoms with van der Waals surface area (Å²) < 4.78 is 13.5. The summed E-state index contributed by atoms with van der Waals surface area (Å²) in [5, 5.41) is 4.49. The Morgan fingerprint density at radius 3 is 2.30 bits per heavy atom. The summed E-state index contributed by atoms with van der Waals surface area (Å²) in [7, 11) is 0. The van der Waals surface area contributed by atoms with E-state index in [-0.39, 0.29) is 12.2 Å². The van der Waals surface area contributed by atoms with Gasteiger partial charge < -0.3 is 9.47 Å². The van der Waals surface area contributed by atoms with Crippen molar-refractivity contribution in [2.75, 3.05) is 13.2 Å². The Balaban J connectivity index is 2.90. The average molecular weight is 347 g/mol. The molecule has 0 saturated heterocycles. The fourth-order valence-corrected chi connectivity index (χ4v) is 2.68. The van der Waals surface area contributed by atoms with Gasteiger partial charge in [0, 0.05) is 19.8 Å². The van der Waals surface area contributed by atoms with Crippen molar-refractivity contribution in [2.45, 2.75) is 53.4 Å². The summed E-state index contributed by atoms with van der Waals surface area (Å²) in [5.41, 5.74) is 1.86. The van der Waals surface area contributed by atoms with Crippen molar-refractivity contribution in [3.63, 3.8) is 0 Å². The predicted molar refractivity (Wildman–Crippen MR) is 80.7 cm³/mol. The molecule has 0 aliphatic heterocycles. The summed E-state index contributed by atoms with van der Waals surface area (Å²) in [6.45, 7) is 9.38. The van der Waals surface area contributed by atoms with E-state index in [1.54, 1.807) is 0 Å². The van der Waals surface area contributed by atoms with E-state index in [9.17, 15) is 4.79 Å². The minimum absolute atomic E-state index is 0.0772. The van der Waals surface area contributed by atoms with Gasteiger partial charge in [-0.05, 0) is 43.1 Å². The second-order valence-electron chi connectivity index (χ2n) is 4.26. The molecule has 0 saturated carbocycles. The maximum Gasteiger partial charge on any atom is 0.218 e. The van der Waals surface area contributed by atoms with Gasteiger partial charge >= 0.3 is 0 Å². The molecule has 0 radical (unpaired) electrons.